The molecular weight excluding hydrogens is 304 g/mol. The molecule has 3 saturated carbocycles. The van der Waals surface area contributed by atoms with Crippen LogP contribution in [0, 0.1) is 35.5 Å². The zero-order valence-electron chi connectivity index (χ0n) is 14.2. The van der Waals surface area contributed by atoms with Crippen molar-refractivity contribution in [2.45, 2.75) is 70.0 Å². The number of carboxylic acid groups (broad SMARTS) is 1. The minimum absolute atomic E-state index is 0.0450. The third kappa shape index (κ3) is 3.84. The van der Waals surface area contributed by atoms with Gasteiger partial charge in [0.2, 0.25) is 0 Å². The number of rotatable bonds is 4. The van der Waals surface area contributed by atoms with E-state index < -0.39 is 18.2 Å². The van der Waals surface area contributed by atoms with E-state index in [0.29, 0.717) is 24.2 Å². The summed E-state index contributed by atoms with van der Waals surface area (Å²) in [5.74, 6) is 6.56. The number of aliphatic hydroxyl groups excluding tert-OH is 2. The number of allylic oxidation sites excluding steroid dienone is 2. The SMILES string of the molecule is O=C(O)CC/C=C1/C[C@H]2[C@H](C#CC(O)C3CCCC3)[C@@H](O)CC[C@@H]12. The Labute approximate surface area is 144 Å². The van der Waals surface area contributed by atoms with Crippen LogP contribution in [0.1, 0.15) is 57.8 Å². The maximum absolute atomic E-state index is 10.6. The summed E-state index contributed by atoms with van der Waals surface area (Å²) in [6, 6.07) is 0. The number of carbonyl (C=O) groups is 1. The summed E-state index contributed by atoms with van der Waals surface area (Å²) in [6.07, 6.45) is 9.02. The second kappa shape index (κ2) is 7.72. The van der Waals surface area contributed by atoms with Crippen LogP contribution in [-0.4, -0.2) is 33.5 Å². The molecule has 1 unspecified atom stereocenters. The summed E-state index contributed by atoms with van der Waals surface area (Å²) in [4.78, 5) is 10.6. The molecule has 3 N–H and O–H groups in total. The first kappa shape index (κ1) is 17.5. The van der Waals surface area contributed by atoms with Crippen LogP contribution >= 0.6 is 0 Å². The highest BCUT2D eigenvalue weighted by atomic mass is 16.4. The van der Waals surface area contributed by atoms with Crippen molar-refractivity contribution >= 4 is 5.97 Å². The fraction of sp³-hybridized carbons (Fsp3) is 0.750. The molecule has 0 aromatic heterocycles. The van der Waals surface area contributed by atoms with Crippen LogP contribution in [-0.2, 0) is 4.79 Å². The van der Waals surface area contributed by atoms with Gasteiger partial charge in [-0.2, -0.15) is 0 Å². The molecule has 24 heavy (non-hydrogen) atoms. The maximum Gasteiger partial charge on any atom is 0.303 e. The topological polar surface area (TPSA) is 77.8 Å². The van der Waals surface area contributed by atoms with Gasteiger partial charge in [0.1, 0.15) is 6.10 Å². The first-order valence-corrected chi connectivity index (χ1v) is 9.34. The maximum atomic E-state index is 10.6. The molecular formula is C20H28O4. The van der Waals surface area contributed by atoms with Crippen LogP contribution in [0.4, 0.5) is 0 Å². The molecule has 132 valence electrons. The van der Waals surface area contributed by atoms with Crippen molar-refractivity contribution < 1.29 is 20.1 Å². The van der Waals surface area contributed by atoms with Crippen molar-refractivity contribution in [3.05, 3.63) is 11.6 Å². The fourth-order valence-electron chi connectivity index (χ4n) is 4.66. The summed E-state index contributed by atoms with van der Waals surface area (Å²) in [5, 5.41) is 29.3. The average molecular weight is 332 g/mol. The van der Waals surface area contributed by atoms with E-state index in [-0.39, 0.29) is 12.3 Å². The van der Waals surface area contributed by atoms with Crippen molar-refractivity contribution in [3.63, 3.8) is 0 Å². The Morgan fingerprint density at radius 1 is 1.25 bits per heavy atom. The van der Waals surface area contributed by atoms with Crippen molar-refractivity contribution in [1.29, 1.82) is 0 Å². The molecule has 4 nitrogen and oxygen atoms in total. The highest BCUT2D eigenvalue weighted by Gasteiger charge is 2.46. The molecule has 3 aliphatic carbocycles. The number of hydrogen-bond acceptors (Lipinski definition) is 3. The lowest BCUT2D eigenvalue weighted by Gasteiger charge is -2.48. The summed E-state index contributed by atoms with van der Waals surface area (Å²) in [7, 11) is 0. The number of fused-ring (bicyclic) bond motifs is 1. The lowest BCUT2D eigenvalue weighted by atomic mass is 9.57. The number of hydrogen-bond donors (Lipinski definition) is 3. The minimum Gasteiger partial charge on any atom is -0.481 e. The van der Waals surface area contributed by atoms with Crippen LogP contribution in [0.15, 0.2) is 11.6 Å². The monoisotopic (exact) mass is 332 g/mol. The van der Waals surface area contributed by atoms with Gasteiger partial charge in [-0.15, -0.1) is 0 Å². The summed E-state index contributed by atoms with van der Waals surface area (Å²) in [6.45, 7) is 0. The van der Waals surface area contributed by atoms with Crippen LogP contribution in [0.3, 0.4) is 0 Å². The van der Waals surface area contributed by atoms with Gasteiger partial charge in [0.05, 0.1) is 12.0 Å². The van der Waals surface area contributed by atoms with E-state index in [2.05, 4.69) is 17.9 Å². The predicted molar refractivity (Wildman–Crippen MR) is 91.0 cm³/mol. The minimum atomic E-state index is -0.758. The molecule has 3 rings (SSSR count). The van der Waals surface area contributed by atoms with Gasteiger partial charge in [-0.25, -0.2) is 0 Å². The lowest BCUT2D eigenvalue weighted by molar-refractivity contribution is -0.136. The Balaban J connectivity index is 1.59. The average Bonchev–Trinajstić information content (AvgIpc) is 3.05. The van der Waals surface area contributed by atoms with Gasteiger partial charge in [0, 0.05) is 6.42 Å². The molecule has 0 saturated heterocycles. The fourth-order valence-corrected chi connectivity index (χ4v) is 4.66. The zero-order valence-corrected chi connectivity index (χ0v) is 14.2. The van der Waals surface area contributed by atoms with E-state index in [9.17, 15) is 15.0 Å². The van der Waals surface area contributed by atoms with Crippen molar-refractivity contribution in [3.8, 4) is 11.8 Å². The van der Waals surface area contributed by atoms with Gasteiger partial charge < -0.3 is 15.3 Å². The Bertz CT molecular complexity index is 550. The van der Waals surface area contributed by atoms with E-state index in [4.69, 9.17) is 5.11 Å². The summed E-state index contributed by atoms with van der Waals surface area (Å²) < 4.78 is 0. The van der Waals surface area contributed by atoms with E-state index in [0.717, 1.165) is 32.1 Å². The highest BCUT2D eigenvalue weighted by Crippen LogP contribution is 2.51. The van der Waals surface area contributed by atoms with Crippen molar-refractivity contribution in [2.75, 3.05) is 0 Å². The van der Waals surface area contributed by atoms with E-state index >= 15 is 0 Å². The number of aliphatic hydroxyl groups is 2. The first-order chi connectivity index (χ1) is 11.6. The normalized spacial score (nSPS) is 35.7. The third-order valence-corrected chi connectivity index (χ3v) is 6.12. The highest BCUT2D eigenvalue weighted by molar-refractivity contribution is 5.66. The second-order valence-electron chi connectivity index (χ2n) is 7.63. The molecule has 3 fully saturated rings. The molecule has 0 bridgehead atoms. The molecule has 0 aromatic rings. The predicted octanol–water partition coefficient (Wildman–Crippen LogP) is 2.74. The van der Waals surface area contributed by atoms with Gasteiger partial charge >= 0.3 is 5.97 Å². The van der Waals surface area contributed by atoms with E-state index in [1.54, 1.807) is 0 Å². The molecule has 0 spiro atoms. The zero-order chi connectivity index (χ0) is 17.1. The quantitative estimate of drug-likeness (QED) is 0.546. The molecule has 0 aliphatic heterocycles. The standard InChI is InChI=1S/C20H28O4/c21-18(13-4-1-2-5-13)10-9-16-17-12-14(6-3-7-20(23)24)15(17)8-11-19(16)22/h6,13,15-19,21-22H,1-5,7-8,11-12H2,(H,23,24)/b14-6-/t15-,16-,17+,18?,19-/m0/s1. The van der Waals surface area contributed by atoms with Gasteiger partial charge in [0.15, 0.2) is 0 Å². The largest absolute Gasteiger partial charge is 0.481 e. The lowest BCUT2D eigenvalue weighted by Crippen LogP contribution is -2.44. The molecule has 0 aromatic carbocycles. The van der Waals surface area contributed by atoms with Crippen LogP contribution in [0.2, 0.25) is 0 Å². The molecule has 0 radical (unpaired) electrons. The van der Waals surface area contributed by atoms with E-state index in [1.165, 1.54) is 18.4 Å². The molecule has 4 heteroatoms. The van der Waals surface area contributed by atoms with Gasteiger partial charge in [-0.05, 0) is 56.3 Å². The van der Waals surface area contributed by atoms with Gasteiger partial charge in [-0.1, -0.05) is 36.3 Å². The van der Waals surface area contributed by atoms with Gasteiger partial charge in [0.25, 0.3) is 0 Å². The van der Waals surface area contributed by atoms with Crippen molar-refractivity contribution in [1.82, 2.24) is 0 Å². The first-order valence-electron chi connectivity index (χ1n) is 9.34. The van der Waals surface area contributed by atoms with Crippen LogP contribution in [0.25, 0.3) is 0 Å². The van der Waals surface area contributed by atoms with Crippen LogP contribution < -0.4 is 0 Å². The summed E-state index contributed by atoms with van der Waals surface area (Å²) >= 11 is 0. The summed E-state index contributed by atoms with van der Waals surface area (Å²) in [5.41, 5.74) is 1.34. The Kier molecular flexibility index (Phi) is 5.63. The second-order valence-corrected chi connectivity index (χ2v) is 7.63. The third-order valence-electron chi connectivity index (χ3n) is 6.12. The van der Waals surface area contributed by atoms with E-state index in [1.807, 2.05) is 0 Å². The van der Waals surface area contributed by atoms with Crippen molar-refractivity contribution in [2.24, 2.45) is 23.7 Å². The molecule has 0 amide bonds. The Morgan fingerprint density at radius 2 is 2.00 bits per heavy atom. The van der Waals surface area contributed by atoms with Crippen LogP contribution in [0.5, 0.6) is 0 Å². The Morgan fingerprint density at radius 3 is 2.71 bits per heavy atom. The molecule has 5 atom stereocenters. The molecule has 0 heterocycles. The number of aliphatic carboxylic acids is 1. The Hall–Kier alpha value is -1.31. The smallest absolute Gasteiger partial charge is 0.303 e. The van der Waals surface area contributed by atoms with Gasteiger partial charge in [-0.3, -0.25) is 4.79 Å². The number of carboxylic acids is 1. The molecule has 3 aliphatic rings.